The lowest BCUT2D eigenvalue weighted by Crippen LogP contribution is -2.34. The van der Waals surface area contributed by atoms with E-state index in [-0.39, 0.29) is 17.9 Å². The first-order chi connectivity index (χ1) is 11.2. The minimum Gasteiger partial charge on any atom is -0.490 e. The van der Waals surface area contributed by atoms with Gasteiger partial charge in [0.1, 0.15) is 0 Å². The van der Waals surface area contributed by atoms with Crippen LogP contribution in [0.2, 0.25) is 0 Å². The first-order valence-electron chi connectivity index (χ1n) is 8.61. The molecule has 0 aromatic heterocycles. The summed E-state index contributed by atoms with van der Waals surface area (Å²) in [5, 5.41) is 2.96. The van der Waals surface area contributed by atoms with Gasteiger partial charge in [-0.3, -0.25) is 4.79 Å². The molecule has 1 aromatic carbocycles. The van der Waals surface area contributed by atoms with Crippen LogP contribution >= 0.6 is 0 Å². The van der Waals surface area contributed by atoms with Crippen molar-refractivity contribution in [2.24, 2.45) is 11.7 Å². The SMILES string of the molecule is CCCOc1ccc(NC(=O)C2CCCC2N)cc1OCCC. The molecule has 1 aliphatic carbocycles. The Kier molecular flexibility index (Phi) is 6.71. The Morgan fingerprint density at radius 1 is 1.17 bits per heavy atom. The molecule has 0 aliphatic heterocycles. The Bertz CT molecular complexity index is 519. The standard InChI is InChI=1S/C18H28N2O3/c1-3-10-22-16-9-8-13(12-17(16)23-11-4-2)20-18(21)14-6-5-7-15(14)19/h8-9,12,14-15H,3-7,10-11,19H2,1-2H3,(H,20,21). The summed E-state index contributed by atoms with van der Waals surface area (Å²) in [4.78, 5) is 12.3. The molecule has 1 fully saturated rings. The molecule has 3 N–H and O–H groups in total. The van der Waals surface area contributed by atoms with E-state index in [9.17, 15) is 4.79 Å². The van der Waals surface area contributed by atoms with E-state index in [2.05, 4.69) is 19.2 Å². The van der Waals surface area contributed by atoms with Crippen LogP contribution in [0.3, 0.4) is 0 Å². The predicted octanol–water partition coefficient (Wildman–Crippen LogP) is 3.33. The molecule has 5 heteroatoms. The van der Waals surface area contributed by atoms with Gasteiger partial charge < -0.3 is 20.5 Å². The summed E-state index contributed by atoms with van der Waals surface area (Å²) < 4.78 is 11.5. The number of benzene rings is 1. The van der Waals surface area contributed by atoms with E-state index >= 15 is 0 Å². The van der Waals surface area contributed by atoms with Crippen LogP contribution in [0.15, 0.2) is 18.2 Å². The average Bonchev–Trinajstić information content (AvgIpc) is 2.98. The zero-order valence-electron chi connectivity index (χ0n) is 14.1. The molecule has 2 rings (SSSR count). The zero-order chi connectivity index (χ0) is 16.7. The quantitative estimate of drug-likeness (QED) is 0.770. The van der Waals surface area contributed by atoms with Crippen molar-refractivity contribution >= 4 is 11.6 Å². The van der Waals surface area contributed by atoms with Crippen molar-refractivity contribution in [3.63, 3.8) is 0 Å². The molecule has 0 heterocycles. The van der Waals surface area contributed by atoms with Gasteiger partial charge in [-0.05, 0) is 37.8 Å². The first kappa shape index (κ1) is 17.6. The van der Waals surface area contributed by atoms with E-state index in [0.29, 0.717) is 19.0 Å². The summed E-state index contributed by atoms with van der Waals surface area (Å²) in [5.41, 5.74) is 6.73. The Hall–Kier alpha value is -1.75. The molecule has 0 radical (unpaired) electrons. The van der Waals surface area contributed by atoms with Crippen LogP contribution in [0, 0.1) is 5.92 Å². The van der Waals surface area contributed by atoms with Crippen LogP contribution in [0.5, 0.6) is 11.5 Å². The second-order valence-corrected chi connectivity index (χ2v) is 6.05. The summed E-state index contributed by atoms with van der Waals surface area (Å²) in [5.74, 6) is 1.30. The molecule has 2 unspecified atom stereocenters. The number of ether oxygens (including phenoxy) is 2. The molecule has 1 amide bonds. The molecule has 1 saturated carbocycles. The number of carbonyl (C=O) groups is 1. The van der Waals surface area contributed by atoms with E-state index in [1.54, 1.807) is 0 Å². The minimum absolute atomic E-state index is 0.00123. The lowest BCUT2D eigenvalue weighted by atomic mass is 10.0. The van der Waals surface area contributed by atoms with E-state index in [0.717, 1.165) is 43.5 Å². The number of nitrogens with one attached hydrogen (secondary N) is 1. The Labute approximate surface area is 138 Å². The number of hydrogen-bond donors (Lipinski definition) is 2. The third-order valence-electron chi connectivity index (χ3n) is 4.04. The van der Waals surface area contributed by atoms with Crippen molar-refractivity contribution in [1.82, 2.24) is 0 Å². The second kappa shape index (κ2) is 8.77. The van der Waals surface area contributed by atoms with Crippen LogP contribution in [0.1, 0.15) is 46.0 Å². The number of rotatable bonds is 8. The lowest BCUT2D eigenvalue weighted by molar-refractivity contribution is -0.120. The van der Waals surface area contributed by atoms with Gasteiger partial charge in [0.25, 0.3) is 0 Å². The topological polar surface area (TPSA) is 73.6 Å². The number of nitrogens with two attached hydrogens (primary N) is 1. The predicted molar refractivity (Wildman–Crippen MR) is 92.0 cm³/mol. The van der Waals surface area contributed by atoms with Gasteiger partial charge >= 0.3 is 0 Å². The molecule has 0 saturated heterocycles. The number of amides is 1. The van der Waals surface area contributed by atoms with Gasteiger partial charge in [-0.1, -0.05) is 20.3 Å². The van der Waals surface area contributed by atoms with E-state index in [1.165, 1.54) is 0 Å². The highest BCUT2D eigenvalue weighted by molar-refractivity contribution is 5.93. The smallest absolute Gasteiger partial charge is 0.229 e. The van der Waals surface area contributed by atoms with E-state index in [4.69, 9.17) is 15.2 Å². The first-order valence-corrected chi connectivity index (χ1v) is 8.61. The summed E-state index contributed by atoms with van der Waals surface area (Å²) in [6.45, 7) is 5.38. The monoisotopic (exact) mass is 320 g/mol. The molecule has 1 aromatic rings. The maximum atomic E-state index is 12.3. The fourth-order valence-corrected chi connectivity index (χ4v) is 2.79. The highest BCUT2D eigenvalue weighted by Crippen LogP contribution is 2.32. The van der Waals surface area contributed by atoms with Gasteiger partial charge in [0.2, 0.25) is 5.91 Å². The molecule has 2 atom stereocenters. The maximum Gasteiger partial charge on any atom is 0.229 e. The minimum atomic E-state index is -0.0916. The van der Waals surface area contributed by atoms with E-state index < -0.39 is 0 Å². The van der Waals surface area contributed by atoms with Crippen LogP contribution in [-0.4, -0.2) is 25.2 Å². The van der Waals surface area contributed by atoms with Crippen LogP contribution in [-0.2, 0) is 4.79 Å². The number of carbonyl (C=O) groups excluding carboxylic acids is 1. The molecule has 0 spiro atoms. The Balaban J connectivity index is 2.07. The Morgan fingerprint density at radius 3 is 2.48 bits per heavy atom. The summed E-state index contributed by atoms with van der Waals surface area (Å²) >= 11 is 0. The largest absolute Gasteiger partial charge is 0.490 e. The van der Waals surface area contributed by atoms with Crippen molar-refractivity contribution in [3.05, 3.63) is 18.2 Å². The van der Waals surface area contributed by atoms with Gasteiger partial charge in [0.15, 0.2) is 11.5 Å². The average molecular weight is 320 g/mol. The van der Waals surface area contributed by atoms with Crippen molar-refractivity contribution in [2.45, 2.75) is 52.0 Å². The van der Waals surface area contributed by atoms with Gasteiger partial charge in [0, 0.05) is 17.8 Å². The lowest BCUT2D eigenvalue weighted by Gasteiger charge is -2.17. The zero-order valence-corrected chi connectivity index (χ0v) is 14.1. The summed E-state index contributed by atoms with van der Waals surface area (Å²) in [6.07, 6.45) is 4.66. The fraction of sp³-hybridized carbons (Fsp3) is 0.611. The van der Waals surface area contributed by atoms with Gasteiger partial charge in [-0.25, -0.2) is 0 Å². The Morgan fingerprint density at radius 2 is 1.87 bits per heavy atom. The molecular weight excluding hydrogens is 292 g/mol. The highest BCUT2D eigenvalue weighted by atomic mass is 16.5. The summed E-state index contributed by atoms with van der Waals surface area (Å²) in [7, 11) is 0. The second-order valence-electron chi connectivity index (χ2n) is 6.05. The molecule has 1 aliphatic rings. The highest BCUT2D eigenvalue weighted by Gasteiger charge is 2.30. The molecule has 0 bridgehead atoms. The van der Waals surface area contributed by atoms with Gasteiger partial charge in [-0.15, -0.1) is 0 Å². The molecule has 23 heavy (non-hydrogen) atoms. The van der Waals surface area contributed by atoms with Crippen molar-refractivity contribution in [3.8, 4) is 11.5 Å². The molecule has 128 valence electrons. The maximum absolute atomic E-state index is 12.3. The van der Waals surface area contributed by atoms with Crippen molar-refractivity contribution in [2.75, 3.05) is 18.5 Å². The molecule has 5 nitrogen and oxygen atoms in total. The summed E-state index contributed by atoms with van der Waals surface area (Å²) in [6, 6.07) is 5.50. The number of hydrogen-bond acceptors (Lipinski definition) is 4. The molecular formula is C18H28N2O3. The van der Waals surface area contributed by atoms with E-state index in [1.807, 2.05) is 18.2 Å². The third kappa shape index (κ3) is 4.86. The van der Waals surface area contributed by atoms with Gasteiger partial charge in [0.05, 0.1) is 19.1 Å². The normalized spacial score (nSPS) is 20.3. The van der Waals surface area contributed by atoms with Gasteiger partial charge in [-0.2, -0.15) is 0 Å². The van der Waals surface area contributed by atoms with Crippen LogP contribution in [0.4, 0.5) is 5.69 Å². The van der Waals surface area contributed by atoms with Crippen LogP contribution in [0.25, 0.3) is 0 Å². The number of anilines is 1. The van der Waals surface area contributed by atoms with Crippen LogP contribution < -0.4 is 20.5 Å². The third-order valence-corrected chi connectivity index (χ3v) is 4.04. The van der Waals surface area contributed by atoms with Crippen molar-refractivity contribution in [1.29, 1.82) is 0 Å². The fourth-order valence-electron chi connectivity index (χ4n) is 2.79. The van der Waals surface area contributed by atoms with Crippen molar-refractivity contribution < 1.29 is 14.3 Å².